The first-order valence-electron chi connectivity index (χ1n) is 11.7. The molecular formula is C24H34ClN7O3. The van der Waals surface area contributed by atoms with Gasteiger partial charge in [-0.15, -0.1) is 0 Å². The van der Waals surface area contributed by atoms with E-state index in [1.165, 1.54) is 20.2 Å². The topological polar surface area (TPSA) is 121 Å². The number of nitrogens with zero attached hydrogens (tertiary/aromatic N) is 3. The van der Waals surface area contributed by atoms with Crippen LogP contribution in [0.1, 0.15) is 43.0 Å². The van der Waals surface area contributed by atoms with Crippen molar-refractivity contribution in [2.75, 3.05) is 44.9 Å². The molecular weight excluding hydrogens is 470 g/mol. The van der Waals surface area contributed by atoms with Crippen LogP contribution >= 0.6 is 11.6 Å². The molecule has 0 radical (unpaired) electrons. The Morgan fingerprint density at radius 1 is 1.20 bits per heavy atom. The minimum Gasteiger partial charge on any atom is -0.495 e. The van der Waals surface area contributed by atoms with Crippen LogP contribution in [0.15, 0.2) is 24.4 Å². The average Bonchev–Trinajstić information content (AvgIpc) is 2.82. The first-order chi connectivity index (χ1) is 16.8. The number of hydrogen-bond acceptors (Lipinski definition) is 8. The van der Waals surface area contributed by atoms with Crippen LogP contribution in [0.3, 0.4) is 0 Å². The normalized spacial score (nSPS) is 17.5. The molecule has 11 heteroatoms. The van der Waals surface area contributed by atoms with Crippen LogP contribution in [0.4, 0.5) is 17.5 Å². The molecule has 2 amide bonds. The van der Waals surface area contributed by atoms with E-state index in [1.807, 2.05) is 19.0 Å². The summed E-state index contributed by atoms with van der Waals surface area (Å²) in [5, 5.41) is 12.8. The number of nitrogens with one attached hydrogen (secondary N) is 4. The Hall–Kier alpha value is -3.11. The Bertz CT molecular complexity index is 1030. The fourth-order valence-corrected chi connectivity index (χ4v) is 4.14. The van der Waals surface area contributed by atoms with E-state index in [0.717, 1.165) is 32.2 Å². The maximum absolute atomic E-state index is 12.4. The number of methoxy groups -OCH3 is 1. The summed E-state index contributed by atoms with van der Waals surface area (Å²) in [6, 6.07) is 5.17. The lowest BCUT2D eigenvalue weighted by Gasteiger charge is -2.33. The van der Waals surface area contributed by atoms with Gasteiger partial charge in [0.2, 0.25) is 11.9 Å². The number of halogens is 1. The number of likely N-dealkylation sites (N-methyl/N-ethyl adjacent to an activating group) is 1. The molecule has 10 nitrogen and oxygen atoms in total. The molecule has 1 aromatic carbocycles. The molecule has 190 valence electrons. The molecule has 0 unspecified atom stereocenters. The van der Waals surface area contributed by atoms with Crippen molar-refractivity contribution in [2.45, 2.75) is 44.7 Å². The van der Waals surface area contributed by atoms with Crippen LogP contribution in [-0.4, -0.2) is 73.1 Å². The van der Waals surface area contributed by atoms with Crippen LogP contribution in [-0.2, 0) is 4.79 Å². The minimum absolute atomic E-state index is 0.0141. The second kappa shape index (κ2) is 12.6. The highest BCUT2D eigenvalue weighted by Crippen LogP contribution is 2.30. The highest BCUT2D eigenvalue weighted by atomic mass is 35.5. The van der Waals surface area contributed by atoms with Crippen LogP contribution < -0.4 is 26.0 Å². The SMILES string of the molecule is COc1cc(C(=O)NCCN(C)C)ccc1Nc1ncc(Cl)c(N[C@@H]2CCCC[C@H]2NC(C)=O)n1. The van der Waals surface area contributed by atoms with E-state index in [1.54, 1.807) is 18.2 Å². The van der Waals surface area contributed by atoms with E-state index < -0.39 is 0 Å². The number of amides is 2. The van der Waals surface area contributed by atoms with Crippen LogP contribution in [0.25, 0.3) is 0 Å². The Morgan fingerprint density at radius 2 is 1.94 bits per heavy atom. The number of ether oxygens (including phenoxy) is 1. The molecule has 0 saturated heterocycles. The maximum atomic E-state index is 12.4. The smallest absolute Gasteiger partial charge is 0.251 e. The molecule has 1 fully saturated rings. The first kappa shape index (κ1) is 26.5. The zero-order chi connectivity index (χ0) is 25.4. The predicted molar refractivity (Wildman–Crippen MR) is 138 cm³/mol. The minimum atomic E-state index is -0.174. The number of rotatable bonds is 10. The largest absolute Gasteiger partial charge is 0.495 e. The third-order valence-electron chi connectivity index (χ3n) is 5.78. The molecule has 1 saturated carbocycles. The van der Waals surface area contributed by atoms with Gasteiger partial charge in [-0.2, -0.15) is 4.98 Å². The lowest BCUT2D eigenvalue weighted by Crippen LogP contribution is -2.48. The Morgan fingerprint density at radius 3 is 2.63 bits per heavy atom. The first-order valence-corrected chi connectivity index (χ1v) is 12.1. The Balaban J connectivity index is 1.72. The van der Waals surface area contributed by atoms with Crippen molar-refractivity contribution in [2.24, 2.45) is 0 Å². The summed E-state index contributed by atoms with van der Waals surface area (Å²) in [5.41, 5.74) is 1.10. The number of benzene rings is 1. The molecule has 2 atom stereocenters. The maximum Gasteiger partial charge on any atom is 0.251 e. The summed E-state index contributed by atoms with van der Waals surface area (Å²) in [4.78, 5) is 34.9. The van der Waals surface area contributed by atoms with E-state index in [2.05, 4.69) is 31.2 Å². The van der Waals surface area contributed by atoms with Gasteiger partial charge >= 0.3 is 0 Å². The molecule has 0 spiro atoms. The van der Waals surface area contributed by atoms with Crippen LogP contribution in [0.5, 0.6) is 5.75 Å². The monoisotopic (exact) mass is 503 g/mol. The van der Waals surface area contributed by atoms with Crippen molar-refractivity contribution >= 4 is 40.9 Å². The lowest BCUT2D eigenvalue weighted by molar-refractivity contribution is -0.119. The zero-order valence-corrected chi connectivity index (χ0v) is 21.4. The summed E-state index contributed by atoms with van der Waals surface area (Å²) in [6.45, 7) is 2.82. The molecule has 3 rings (SSSR count). The molecule has 2 aromatic rings. The number of carbonyl (C=O) groups excluding carboxylic acids is 2. The molecule has 1 aliphatic rings. The van der Waals surface area contributed by atoms with Gasteiger partial charge in [0.1, 0.15) is 10.8 Å². The average molecular weight is 504 g/mol. The number of carbonyl (C=O) groups is 2. The van der Waals surface area contributed by atoms with E-state index in [0.29, 0.717) is 40.3 Å². The second-order valence-electron chi connectivity index (χ2n) is 8.83. The zero-order valence-electron chi connectivity index (χ0n) is 20.7. The third-order valence-corrected chi connectivity index (χ3v) is 6.05. The van der Waals surface area contributed by atoms with E-state index in [-0.39, 0.29) is 23.9 Å². The molecule has 0 bridgehead atoms. The number of aromatic nitrogens is 2. The molecule has 1 heterocycles. The summed E-state index contributed by atoms with van der Waals surface area (Å²) in [5.74, 6) is 1.07. The van der Waals surface area contributed by atoms with Gasteiger partial charge < -0.3 is 30.9 Å². The van der Waals surface area contributed by atoms with Gasteiger partial charge in [0, 0.05) is 37.7 Å². The second-order valence-corrected chi connectivity index (χ2v) is 9.24. The molecule has 4 N–H and O–H groups in total. The standard InChI is InChI=1S/C24H34ClN7O3/c1-15(33)28-18-7-5-6-8-19(18)29-22-17(25)14-27-24(31-22)30-20-10-9-16(13-21(20)35-4)23(34)26-11-12-32(2)3/h9-10,13-14,18-19H,5-8,11-12H2,1-4H3,(H,26,34)(H,28,33)(H2,27,29,30,31)/t18-,19-/m1/s1. The van der Waals surface area contributed by atoms with Gasteiger partial charge in [0.05, 0.1) is 19.0 Å². The molecule has 0 aliphatic heterocycles. The van der Waals surface area contributed by atoms with Crippen molar-refractivity contribution in [1.29, 1.82) is 0 Å². The number of hydrogen-bond donors (Lipinski definition) is 4. The Labute approximate surface area is 211 Å². The van der Waals surface area contributed by atoms with Crippen LogP contribution in [0, 0.1) is 0 Å². The van der Waals surface area contributed by atoms with Gasteiger partial charge in [-0.1, -0.05) is 24.4 Å². The summed E-state index contributed by atoms with van der Waals surface area (Å²) in [6.07, 6.45) is 5.45. The number of anilines is 3. The lowest BCUT2D eigenvalue weighted by atomic mass is 9.90. The summed E-state index contributed by atoms with van der Waals surface area (Å²) < 4.78 is 5.49. The van der Waals surface area contributed by atoms with Gasteiger partial charge in [-0.3, -0.25) is 9.59 Å². The van der Waals surface area contributed by atoms with Gasteiger partial charge in [-0.25, -0.2) is 4.98 Å². The van der Waals surface area contributed by atoms with Gasteiger partial charge in [0.25, 0.3) is 5.91 Å². The molecule has 1 aliphatic carbocycles. The highest BCUT2D eigenvalue weighted by molar-refractivity contribution is 6.32. The van der Waals surface area contributed by atoms with Crippen molar-refractivity contribution in [1.82, 2.24) is 25.5 Å². The van der Waals surface area contributed by atoms with E-state index >= 15 is 0 Å². The fraction of sp³-hybridized carbons (Fsp3) is 0.500. The third kappa shape index (κ3) is 7.69. The molecule has 1 aromatic heterocycles. The van der Waals surface area contributed by atoms with Gasteiger partial charge in [0.15, 0.2) is 5.82 Å². The predicted octanol–water partition coefficient (Wildman–Crippen LogP) is 3.03. The van der Waals surface area contributed by atoms with E-state index in [9.17, 15) is 9.59 Å². The van der Waals surface area contributed by atoms with Crippen molar-refractivity contribution < 1.29 is 14.3 Å². The summed E-state index contributed by atoms with van der Waals surface area (Å²) >= 11 is 6.37. The molecule has 35 heavy (non-hydrogen) atoms. The van der Waals surface area contributed by atoms with Crippen molar-refractivity contribution in [3.8, 4) is 5.75 Å². The van der Waals surface area contributed by atoms with Crippen LogP contribution in [0.2, 0.25) is 5.02 Å². The van der Waals surface area contributed by atoms with Crippen molar-refractivity contribution in [3.05, 3.63) is 35.0 Å². The van der Waals surface area contributed by atoms with Gasteiger partial charge in [-0.05, 0) is 45.1 Å². The van der Waals surface area contributed by atoms with Crippen molar-refractivity contribution in [3.63, 3.8) is 0 Å². The highest BCUT2D eigenvalue weighted by Gasteiger charge is 2.26. The summed E-state index contributed by atoms with van der Waals surface area (Å²) in [7, 11) is 5.44. The quantitative estimate of drug-likeness (QED) is 0.390. The Kier molecular flexibility index (Phi) is 9.50. The van der Waals surface area contributed by atoms with E-state index in [4.69, 9.17) is 16.3 Å². The fourth-order valence-electron chi connectivity index (χ4n) is 3.99.